The molecule has 0 aromatic rings. The average molecular weight is 345 g/mol. The summed E-state index contributed by atoms with van der Waals surface area (Å²) in [7, 11) is -3.04. The minimum absolute atomic E-state index is 0.0165. The van der Waals surface area contributed by atoms with E-state index in [4.69, 9.17) is 4.74 Å². The number of carbonyl (C=O) groups excluding carboxylic acids is 2. The van der Waals surface area contributed by atoms with Crippen LogP contribution in [0, 0.1) is 5.92 Å². The Labute approximate surface area is 138 Å². The number of hydrogen-bond donors (Lipinski definition) is 0. The second kappa shape index (κ2) is 8.13. The first-order valence-electron chi connectivity index (χ1n) is 8.57. The quantitative estimate of drug-likeness (QED) is 0.682. The summed E-state index contributed by atoms with van der Waals surface area (Å²) < 4.78 is 28.2. The topological polar surface area (TPSA) is 80.8 Å². The summed E-state index contributed by atoms with van der Waals surface area (Å²) in [5, 5.41) is 0. The Kier molecular flexibility index (Phi) is 6.44. The van der Waals surface area contributed by atoms with Gasteiger partial charge in [-0.05, 0) is 32.1 Å². The van der Waals surface area contributed by atoms with E-state index in [2.05, 4.69) is 0 Å². The number of esters is 1. The molecule has 0 spiro atoms. The van der Waals surface area contributed by atoms with Crippen LogP contribution in [0.1, 0.15) is 51.9 Å². The zero-order valence-corrected chi connectivity index (χ0v) is 14.6. The van der Waals surface area contributed by atoms with Gasteiger partial charge >= 0.3 is 5.97 Å². The lowest BCUT2D eigenvalue weighted by molar-refractivity contribution is -0.153. The molecule has 0 aromatic heterocycles. The Bertz CT molecular complexity index is 525. The molecule has 1 saturated carbocycles. The second-order valence-electron chi connectivity index (χ2n) is 6.61. The van der Waals surface area contributed by atoms with E-state index in [0.29, 0.717) is 25.3 Å². The Hall–Kier alpha value is -1.11. The monoisotopic (exact) mass is 345 g/mol. The molecule has 2 fully saturated rings. The van der Waals surface area contributed by atoms with Crippen molar-refractivity contribution in [2.45, 2.75) is 57.9 Å². The van der Waals surface area contributed by atoms with Crippen molar-refractivity contribution in [3.05, 3.63) is 0 Å². The van der Waals surface area contributed by atoms with E-state index in [1.807, 2.05) is 6.92 Å². The van der Waals surface area contributed by atoms with E-state index in [9.17, 15) is 18.0 Å². The standard InChI is InChI=1S/C16H27NO5S/c1-2-17(14-8-9-23(20,21)12-14)15(18)11-22-16(19)10-13-6-4-3-5-7-13/h13-14H,2-12H2,1H3. The first-order valence-corrected chi connectivity index (χ1v) is 10.4. The van der Waals surface area contributed by atoms with Gasteiger partial charge in [-0.2, -0.15) is 0 Å². The summed E-state index contributed by atoms with van der Waals surface area (Å²) >= 11 is 0. The van der Waals surface area contributed by atoms with Crippen LogP contribution in [0.5, 0.6) is 0 Å². The summed E-state index contributed by atoms with van der Waals surface area (Å²) in [6.45, 7) is 1.96. The highest BCUT2D eigenvalue weighted by Gasteiger charge is 2.34. The lowest BCUT2D eigenvalue weighted by Crippen LogP contribution is -2.43. The van der Waals surface area contributed by atoms with Crippen molar-refractivity contribution in [3.8, 4) is 0 Å². The second-order valence-corrected chi connectivity index (χ2v) is 8.83. The van der Waals surface area contributed by atoms with Crippen molar-refractivity contribution in [1.82, 2.24) is 4.90 Å². The number of rotatable bonds is 6. The predicted molar refractivity (Wildman–Crippen MR) is 86.6 cm³/mol. The van der Waals surface area contributed by atoms with Gasteiger partial charge in [0, 0.05) is 19.0 Å². The summed E-state index contributed by atoms with van der Waals surface area (Å²) in [5.74, 6) is -0.0912. The highest BCUT2D eigenvalue weighted by Crippen LogP contribution is 2.26. The first-order chi connectivity index (χ1) is 10.9. The number of hydrogen-bond acceptors (Lipinski definition) is 5. The maximum Gasteiger partial charge on any atom is 0.306 e. The lowest BCUT2D eigenvalue weighted by atomic mass is 9.87. The van der Waals surface area contributed by atoms with Gasteiger partial charge < -0.3 is 9.64 Å². The highest BCUT2D eigenvalue weighted by molar-refractivity contribution is 7.91. The Morgan fingerprint density at radius 2 is 1.83 bits per heavy atom. The van der Waals surface area contributed by atoms with Crippen molar-refractivity contribution in [3.63, 3.8) is 0 Å². The number of sulfone groups is 1. The molecule has 1 amide bonds. The van der Waals surface area contributed by atoms with Gasteiger partial charge in [-0.25, -0.2) is 8.42 Å². The van der Waals surface area contributed by atoms with Crippen LogP contribution in [0.2, 0.25) is 0 Å². The molecule has 1 heterocycles. The maximum atomic E-state index is 12.2. The van der Waals surface area contributed by atoms with Crippen LogP contribution >= 0.6 is 0 Å². The molecule has 0 bridgehead atoms. The van der Waals surface area contributed by atoms with Crippen LogP contribution in [0.4, 0.5) is 0 Å². The summed E-state index contributed by atoms with van der Waals surface area (Å²) in [4.78, 5) is 25.6. The van der Waals surface area contributed by atoms with Gasteiger partial charge in [-0.3, -0.25) is 9.59 Å². The third-order valence-corrected chi connectivity index (χ3v) is 6.60. The highest BCUT2D eigenvalue weighted by atomic mass is 32.2. The van der Waals surface area contributed by atoms with Crippen molar-refractivity contribution >= 4 is 21.7 Å². The number of amides is 1. The molecular weight excluding hydrogens is 318 g/mol. The molecular formula is C16H27NO5S. The van der Waals surface area contributed by atoms with E-state index in [1.165, 1.54) is 11.3 Å². The zero-order valence-electron chi connectivity index (χ0n) is 13.8. The SMILES string of the molecule is CCN(C(=O)COC(=O)CC1CCCCC1)C1CCS(=O)(=O)C1. The Balaban J connectivity index is 1.77. The zero-order chi connectivity index (χ0) is 16.9. The molecule has 23 heavy (non-hydrogen) atoms. The summed E-state index contributed by atoms with van der Waals surface area (Å²) in [6, 6.07) is -0.283. The molecule has 7 heteroatoms. The normalized spacial score (nSPS) is 24.3. The van der Waals surface area contributed by atoms with Gasteiger partial charge in [0.1, 0.15) is 0 Å². The number of ether oxygens (including phenoxy) is 1. The van der Waals surface area contributed by atoms with Gasteiger partial charge in [-0.1, -0.05) is 19.3 Å². The molecule has 1 aliphatic carbocycles. The smallest absolute Gasteiger partial charge is 0.306 e. The number of nitrogens with zero attached hydrogens (tertiary/aromatic N) is 1. The summed E-state index contributed by atoms with van der Waals surface area (Å²) in [5.41, 5.74) is 0. The third kappa shape index (κ3) is 5.48. The molecule has 1 saturated heterocycles. The molecule has 6 nitrogen and oxygen atoms in total. The Morgan fingerprint density at radius 1 is 1.13 bits per heavy atom. The number of likely N-dealkylation sites (N-methyl/N-ethyl adjacent to an activating group) is 1. The minimum atomic E-state index is -3.04. The fourth-order valence-electron chi connectivity index (χ4n) is 3.57. The molecule has 2 aliphatic rings. The number of carbonyl (C=O) groups is 2. The van der Waals surface area contributed by atoms with Crippen molar-refractivity contribution in [2.75, 3.05) is 24.7 Å². The van der Waals surface area contributed by atoms with Gasteiger partial charge in [0.25, 0.3) is 5.91 Å². The average Bonchev–Trinajstić information content (AvgIpc) is 2.87. The molecule has 0 aromatic carbocycles. The molecule has 2 rings (SSSR count). The van der Waals surface area contributed by atoms with E-state index < -0.39 is 9.84 Å². The van der Waals surface area contributed by atoms with Crippen LogP contribution in [-0.4, -0.2) is 55.9 Å². The van der Waals surface area contributed by atoms with Crippen LogP contribution < -0.4 is 0 Å². The molecule has 132 valence electrons. The lowest BCUT2D eigenvalue weighted by Gasteiger charge is -2.26. The van der Waals surface area contributed by atoms with E-state index >= 15 is 0 Å². The Morgan fingerprint density at radius 3 is 2.39 bits per heavy atom. The van der Waals surface area contributed by atoms with Crippen LogP contribution in [0.15, 0.2) is 0 Å². The third-order valence-electron chi connectivity index (χ3n) is 4.85. The van der Waals surface area contributed by atoms with Crippen molar-refractivity contribution < 1.29 is 22.7 Å². The van der Waals surface area contributed by atoms with Crippen LogP contribution in [0.25, 0.3) is 0 Å². The van der Waals surface area contributed by atoms with Gasteiger partial charge in [0.2, 0.25) is 0 Å². The van der Waals surface area contributed by atoms with E-state index in [1.54, 1.807) is 0 Å². The molecule has 1 aliphatic heterocycles. The van der Waals surface area contributed by atoms with Crippen LogP contribution in [0.3, 0.4) is 0 Å². The van der Waals surface area contributed by atoms with Crippen molar-refractivity contribution in [1.29, 1.82) is 0 Å². The molecule has 0 N–H and O–H groups in total. The maximum absolute atomic E-state index is 12.2. The molecule has 1 atom stereocenters. The van der Waals surface area contributed by atoms with Crippen molar-refractivity contribution in [2.24, 2.45) is 5.92 Å². The van der Waals surface area contributed by atoms with Gasteiger partial charge in [0.15, 0.2) is 16.4 Å². The van der Waals surface area contributed by atoms with E-state index in [0.717, 1.165) is 25.7 Å². The first kappa shape index (κ1) is 18.2. The van der Waals surface area contributed by atoms with Gasteiger partial charge in [-0.15, -0.1) is 0 Å². The summed E-state index contributed by atoms with van der Waals surface area (Å²) in [6.07, 6.45) is 6.54. The predicted octanol–water partition coefficient (Wildman–Crippen LogP) is 1.54. The molecule has 1 unspecified atom stereocenters. The van der Waals surface area contributed by atoms with Gasteiger partial charge in [0.05, 0.1) is 11.5 Å². The fraction of sp³-hybridized carbons (Fsp3) is 0.875. The minimum Gasteiger partial charge on any atom is -0.456 e. The largest absolute Gasteiger partial charge is 0.456 e. The fourth-order valence-corrected chi connectivity index (χ4v) is 5.30. The van der Waals surface area contributed by atoms with Crippen LogP contribution in [-0.2, 0) is 24.2 Å². The molecule has 0 radical (unpaired) electrons. The van der Waals surface area contributed by atoms with E-state index in [-0.39, 0.29) is 36.0 Å².